The number of fused-ring (bicyclic) bond motifs is 2. The quantitative estimate of drug-likeness (QED) is 0.221. The van der Waals surface area contributed by atoms with E-state index in [4.69, 9.17) is 0 Å². The first-order valence-electron chi connectivity index (χ1n) is 8.19. The van der Waals surface area contributed by atoms with E-state index in [1.165, 1.54) is 28.6 Å². The van der Waals surface area contributed by atoms with Crippen LogP contribution >= 0.6 is 45.3 Å². The fraction of sp³-hybridized carbons (Fsp3) is 0.333. The molecule has 126 valence electrons. The molecule has 0 atom stereocenters. The van der Waals surface area contributed by atoms with E-state index < -0.39 is 36.8 Å². The Morgan fingerprint density at radius 3 is 1.12 bits per heavy atom. The standard InChI is InChI=1S/C12H4S4.6CH3.2Sn/c1-3-13-9-5-11(15-7(1)9)12-6-10-8(16-12)2-4-14-10;;;;;;;;/h1-2,5-6H;6*1H3;;. The maximum absolute atomic E-state index is 2.51. The van der Waals surface area contributed by atoms with E-state index >= 15 is 0 Å². The molecule has 4 rings (SSSR count). The van der Waals surface area contributed by atoms with Gasteiger partial charge in [0.1, 0.15) is 0 Å². The Morgan fingerprint density at radius 1 is 0.500 bits per heavy atom. The molecule has 0 aliphatic rings. The zero-order chi connectivity index (χ0) is 17.3. The summed E-state index contributed by atoms with van der Waals surface area (Å²) < 4.78 is 9.40. The number of hydrogen-bond donors (Lipinski definition) is 0. The molecule has 0 unspecified atom stereocenters. The monoisotopic (exact) mass is 606 g/mol. The van der Waals surface area contributed by atoms with Gasteiger partial charge in [-0.1, -0.05) is 0 Å². The van der Waals surface area contributed by atoms with Gasteiger partial charge in [0.15, 0.2) is 0 Å². The van der Waals surface area contributed by atoms with Crippen molar-refractivity contribution >= 4 is 107 Å². The van der Waals surface area contributed by atoms with E-state index in [9.17, 15) is 0 Å². The molecule has 0 aromatic carbocycles. The molecule has 0 N–H and O–H groups in total. The van der Waals surface area contributed by atoms with Crippen molar-refractivity contribution in [1.82, 2.24) is 0 Å². The van der Waals surface area contributed by atoms with E-state index in [-0.39, 0.29) is 0 Å². The van der Waals surface area contributed by atoms with Crippen molar-refractivity contribution in [2.45, 2.75) is 29.6 Å². The second kappa shape index (κ2) is 6.23. The first-order chi connectivity index (χ1) is 11.1. The van der Waals surface area contributed by atoms with Crippen LogP contribution in [0, 0.1) is 0 Å². The van der Waals surface area contributed by atoms with Crippen LogP contribution in [-0.2, 0) is 0 Å². The Hall–Kier alpha value is 0.917. The van der Waals surface area contributed by atoms with Crippen molar-refractivity contribution in [1.29, 1.82) is 0 Å². The third-order valence-corrected chi connectivity index (χ3v) is 27.8. The molecule has 0 aliphatic heterocycles. The molecule has 6 heteroatoms. The Balaban J connectivity index is 1.73. The fourth-order valence-electron chi connectivity index (χ4n) is 2.65. The third-order valence-electron chi connectivity index (χ3n) is 4.14. The average molecular weight is 604 g/mol. The Morgan fingerprint density at radius 2 is 0.833 bits per heavy atom. The molecule has 0 aliphatic carbocycles. The molecule has 0 spiro atoms. The normalized spacial score (nSPS) is 13.4. The number of rotatable bonds is 3. The minimum absolute atomic E-state index is 1.46. The van der Waals surface area contributed by atoms with E-state index in [1.54, 1.807) is 5.79 Å². The van der Waals surface area contributed by atoms with Crippen LogP contribution in [0.4, 0.5) is 0 Å². The fourth-order valence-corrected chi connectivity index (χ4v) is 18.7. The summed E-state index contributed by atoms with van der Waals surface area (Å²) in [5.41, 5.74) is 0. The summed E-state index contributed by atoms with van der Waals surface area (Å²) in [5, 5.41) is 0. The van der Waals surface area contributed by atoms with Gasteiger partial charge in [-0.2, -0.15) is 0 Å². The van der Waals surface area contributed by atoms with Gasteiger partial charge >= 0.3 is 170 Å². The predicted molar refractivity (Wildman–Crippen MR) is 124 cm³/mol. The number of hydrogen-bond acceptors (Lipinski definition) is 4. The summed E-state index contributed by atoms with van der Waals surface area (Å²) >= 11 is 4.25. The molecule has 4 aromatic rings. The summed E-state index contributed by atoms with van der Waals surface area (Å²) in [6, 6.07) is 9.86. The number of thiophene rings is 4. The molecule has 24 heavy (non-hydrogen) atoms. The molecule has 4 heterocycles. The average Bonchev–Trinajstić information content (AvgIpc) is 3.12. The maximum atomic E-state index is 2.51. The second-order valence-corrected chi connectivity index (χ2v) is 43.6. The molecule has 0 saturated heterocycles. The third kappa shape index (κ3) is 3.40. The van der Waals surface area contributed by atoms with E-state index in [0.717, 1.165) is 0 Å². The molecule has 0 fully saturated rings. The van der Waals surface area contributed by atoms with Crippen molar-refractivity contribution in [3.63, 3.8) is 0 Å². The van der Waals surface area contributed by atoms with Crippen molar-refractivity contribution in [3.05, 3.63) is 24.3 Å². The van der Waals surface area contributed by atoms with Crippen LogP contribution in [0.5, 0.6) is 0 Å². The van der Waals surface area contributed by atoms with Crippen LogP contribution in [0.1, 0.15) is 0 Å². The Labute approximate surface area is 168 Å². The van der Waals surface area contributed by atoms with E-state index in [1.807, 2.05) is 22.7 Å². The minimum atomic E-state index is -1.92. The van der Waals surface area contributed by atoms with Gasteiger partial charge in [-0.25, -0.2) is 0 Å². The van der Waals surface area contributed by atoms with Gasteiger partial charge in [-0.3, -0.25) is 0 Å². The van der Waals surface area contributed by atoms with Crippen LogP contribution in [0.3, 0.4) is 0 Å². The van der Waals surface area contributed by atoms with E-state index in [2.05, 4.69) is 76.6 Å². The first-order valence-corrected chi connectivity index (χ1v) is 31.4. The van der Waals surface area contributed by atoms with Crippen LogP contribution in [-0.4, -0.2) is 36.8 Å². The molecular weight excluding hydrogens is 582 g/mol. The molecule has 0 radical (unpaired) electrons. The molecule has 0 saturated carbocycles. The molecule has 0 bridgehead atoms. The Kier molecular flexibility index (Phi) is 4.74. The van der Waals surface area contributed by atoms with Gasteiger partial charge in [-0.05, 0) is 0 Å². The van der Waals surface area contributed by atoms with Crippen LogP contribution < -0.4 is 5.79 Å². The first kappa shape index (κ1) is 18.3. The zero-order valence-corrected chi connectivity index (χ0v) is 23.9. The summed E-state index contributed by atoms with van der Waals surface area (Å²) in [7, 11) is 0. The Bertz CT molecular complexity index is 883. The van der Waals surface area contributed by atoms with Gasteiger partial charge in [0, 0.05) is 0 Å². The van der Waals surface area contributed by atoms with Gasteiger partial charge in [-0.15, -0.1) is 0 Å². The summed E-state index contributed by atoms with van der Waals surface area (Å²) in [4.78, 5) is 18.0. The van der Waals surface area contributed by atoms with Gasteiger partial charge in [0.2, 0.25) is 0 Å². The van der Waals surface area contributed by atoms with Gasteiger partial charge in [0.25, 0.3) is 0 Å². The topological polar surface area (TPSA) is 0 Å². The van der Waals surface area contributed by atoms with Crippen molar-refractivity contribution in [2.75, 3.05) is 0 Å². The summed E-state index contributed by atoms with van der Waals surface area (Å²) in [6.45, 7) is 0. The van der Waals surface area contributed by atoms with Crippen molar-refractivity contribution < 1.29 is 0 Å². The van der Waals surface area contributed by atoms with Crippen LogP contribution in [0.2, 0.25) is 29.6 Å². The zero-order valence-electron chi connectivity index (χ0n) is 14.9. The van der Waals surface area contributed by atoms with Gasteiger partial charge in [0.05, 0.1) is 0 Å². The van der Waals surface area contributed by atoms with E-state index in [0.29, 0.717) is 0 Å². The van der Waals surface area contributed by atoms with Crippen molar-refractivity contribution in [2.24, 2.45) is 0 Å². The van der Waals surface area contributed by atoms with Crippen LogP contribution in [0.15, 0.2) is 24.3 Å². The molecule has 0 amide bonds. The van der Waals surface area contributed by atoms with Crippen LogP contribution in [0.25, 0.3) is 28.6 Å². The SMILES string of the molecule is [CH3][Sn]([CH3])([CH3])[c]1cc2sc(-c3cc4s[c]([Sn]([CH3])([CH3])[CH3])cc4s3)cc2s1. The second-order valence-electron chi connectivity index (χ2n) is 8.40. The molecule has 0 nitrogen and oxygen atoms in total. The van der Waals surface area contributed by atoms with Crippen molar-refractivity contribution in [3.8, 4) is 9.75 Å². The summed E-state index contributed by atoms with van der Waals surface area (Å²) in [5.74, 6) is 0. The summed E-state index contributed by atoms with van der Waals surface area (Å²) in [6.07, 6.45) is 0. The van der Waals surface area contributed by atoms with Gasteiger partial charge < -0.3 is 0 Å². The predicted octanol–water partition coefficient (Wildman–Crippen LogP) is 7.00. The molecular formula is C18H22S4Sn2. The molecule has 4 aromatic heterocycles.